The largest absolute Gasteiger partial charge is 0.462 e. The highest BCUT2D eigenvalue weighted by molar-refractivity contribution is 5.90. The second kappa shape index (κ2) is 4.45. The van der Waals surface area contributed by atoms with Crippen molar-refractivity contribution in [3.8, 4) is 0 Å². The fourth-order valence-electron chi connectivity index (χ4n) is 0.924. The van der Waals surface area contributed by atoms with Gasteiger partial charge >= 0.3 is 5.97 Å². The van der Waals surface area contributed by atoms with Crippen LogP contribution in [0.15, 0.2) is 23.4 Å². The van der Waals surface area contributed by atoms with Crippen molar-refractivity contribution >= 4 is 11.7 Å². The second-order valence-corrected chi connectivity index (χ2v) is 2.48. The van der Waals surface area contributed by atoms with E-state index in [0.29, 0.717) is 0 Å². The number of esters is 1. The Bertz CT molecular complexity index is 365. The van der Waals surface area contributed by atoms with Gasteiger partial charge in [0.15, 0.2) is 5.82 Å². The summed E-state index contributed by atoms with van der Waals surface area (Å²) in [6.07, 6.45) is 0. The Kier molecular flexibility index (Phi) is 3.28. The molecule has 1 rings (SSSR count). The Balaban J connectivity index is 3.00. The predicted molar refractivity (Wildman–Crippen MR) is 47.8 cm³/mol. The van der Waals surface area contributed by atoms with E-state index in [0.717, 1.165) is 12.1 Å². The minimum atomic E-state index is -0.756. The van der Waals surface area contributed by atoms with Crippen LogP contribution < -0.4 is 0 Å². The molecule has 0 amide bonds. The normalized spacial score (nSPS) is 9.57. The molecule has 0 aliphatic rings. The highest BCUT2D eigenvalue weighted by atomic mass is 19.1. The van der Waals surface area contributed by atoms with Gasteiger partial charge in [-0.25, -0.2) is 9.18 Å². The van der Waals surface area contributed by atoms with Crippen LogP contribution in [0.25, 0.3) is 0 Å². The van der Waals surface area contributed by atoms with Crippen LogP contribution in [0.3, 0.4) is 0 Å². The van der Waals surface area contributed by atoms with Gasteiger partial charge in [-0.2, -0.15) is 0 Å². The Morgan fingerprint density at radius 1 is 1.57 bits per heavy atom. The minimum Gasteiger partial charge on any atom is -0.462 e. The van der Waals surface area contributed by atoms with Crippen LogP contribution in [-0.2, 0) is 4.74 Å². The molecule has 0 fully saturated rings. The number of hydrogen-bond acceptors (Lipinski definition) is 4. The SMILES string of the molecule is CCOC(=O)c1ccc(F)c(N=O)c1. The van der Waals surface area contributed by atoms with Crippen LogP contribution in [0.2, 0.25) is 0 Å². The van der Waals surface area contributed by atoms with Crippen molar-refractivity contribution in [1.29, 1.82) is 0 Å². The summed E-state index contributed by atoms with van der Waals surface area (Å²) in [5.74, 6) is -1.36. The van der Waals surface area contributed by atoms with Crippen molar-refractivity contribution in [1.82, 2.24) is 0 Å². The van der Waals surface area contributed by atoms with Crippen LogP contribution in [0.4, 0.5) is 10.1 Å². The van der Waals surface area contributed by atoms with Crippen LogP contribution in [0, 0.1) is 10.7 Å². The number of ether oxygens (including phenoxy) is 1. The number of rotatable bonds is 3. The minimum absolute atomic E-state index is 0.114. The van der Waals surface area contributed by atoms with Crippen molar-refractivity contribution in [3.05, 3.63) is 34.5 Å². The molecule has 0 N–H and O–H groups in total. The summed E-state index contributed by atoms with van der Waals surface area (Å²) < 4.78 is 17.4. The third kappa shape index (κ3) is 2.12. The van der Waals surface area contributed by atoms with E-state index in [1.165, 1.54) is 6.07 Å². The maximum absolute atomic E-state index is 12.8. The summed E-state index contributed by atoms with van der Waals surface area (Å²) in [6, 6.07) is 3.30. The van der Waals surface area contributed by atoms with E-state index in [9.17, 15) is 14.1 Å². The zero-order chi connectivity index (χ0) is 10.6. The van der Waals surface area contributed by atoms with E-state index in [1.807, 2.05) is 0 Å². The topological polar surface area (TPSA) is 55.7 Å². The van der Waals surface area contributed by atoms with Crippen molar-refractivity contribution in [2.24, 2.45) is 5.18 Å². The number of benzene rings is 1. The van der Waals surface area contributed by atoms with Crippen LogP contribution in [-0.4, -0.2) is 12.6 Å². The van der Waals surface area contributed by atoms with E-state index in [-0.39, 0.29) is 12.2 Å². The lowest BCUT2D eigenvalue weighted by atomic mass is 10.2. The molecule has 0 saturated heterocycles. The number of hydrogen-bond donors (Lipinski definition) is 0. The molecule has 4 nitrogen and oxygen atoms in total. The molecule has 0 saturated carbocycles. The van der Waals surface area contributed by atoms with E-state index >= 15 is 0 Å². The number of nitrogens with zero attached hydrogens (tertiary/aromatic N) is 1. The van der Waals surface area contributed by atoms with Crippen molar-refractivity contribution < 1.29 is 13.9 Å². The van der Waals surface area contributed by atoms with E-state index < -0.39 is 17.5 Å². The van der Waals surface area contributed by atoms with Gasteiger partial charge in [0.25, 0.3) is 0 Å². The van der Waals surface area contributed by atoms with Gasteiger partial charge in [-0.05, 0) is 30.3 Å². The molecule has 0 atom stereocenters. The molecule has 0 aliphatic carbocycles. The summed E-state index contributed by atoms with van der Waals surface area (Å²) in [4.78, 5) is 21.3. The van der Waals surface area contributed by atoms with E-state index in [1.54, 1.807) is 6.92 Å². The Morgan fingerprint density at radius 2 is 2.29 bits per heavy atom. The summed E-state index contributed by atoms with van der Waals surface area (Å²) >= 11 is 0. The summed E-state index contributed by atoms with van der Waals surface area (Å²) in [7, 11) is 0. The Morgan fingerprint density at radius 3 is 2.86 bits per heavy atom. The Labute approximate surface area is 79.7 Å². The number of carbonyl (C=O) groups is 1. The molecule has 0 unspecified atom stereocenters. The lowest BCUT2D eigenvalue weighted by Gasteiger charge is -2.01. The predicted octanol–water partition coefficient (Wildman–Crippen LogP) is 2.40. The summed E-state index contributed by atoms with van der Waals surface area (Å²) in [5.41, 5.74) is -0.279. The molecular weight excluding hydrogens is 189 g/mol. The zero-order valence-electron chi connectivity index (χ0n) is 7.49. The lowest BCUT2D eigenvalue weighted by Crippen LogP contribution is -2.04. The molecule has 0 heterocycles. The number of nitroso groups, excluding NO2 is 1. The third-order valence-corrected chi connectivity index (χ3v) is 1.56. The molecule has 0 spiro atoms. The fraction of sp³-hybridized carbons (Fsp3) is 0.222. The highest BCUT2D eigenvalue weighted by Crippen LogP contribution is 2.19. The first-order valence-electron chi connectivity index (χ1n) is 3.99. The van der Waals surface area contributed by atoms with Gasteiger partial charge in [0.2, 0.25) is 0 Å². The standard InChI is InChI=1S/C9H8FNO3/c1-2-14-9(12)6-3-4-7(10)8(5-6)11-13/h3-5H,2H2,1H3. The van der Waals surface area contributed by atoms with E-state index in [2.05, 4.69) is 9.91 Å². The smallest absolute Gasteiger partial charge is 0.338 e. The van der Waals surface area contributed by atoms with Crippen LogP contribution in [0.1, 0.15) is 17.3 Å². The van der Waals surface area contributed by atoms with Crippen molar-refractivity contribution in [2.75, 3.05) is 6.61 Å². The van der Waals surface area contributed by atoms with Crippen molar-refractivity contribution in [3.63, 3.8) is 0 Å². The first-order chi connectivity index (χ1) is 6.69. The lowest BCUT2D eigenvalue weighted by molar-refractivity contribution is 0.0526. The van der Waals surface area contributed by atoms with Crippen molar-refractivity contribution in [2.45, 2.75) is 6.92 Å². The quantitative estimate of drug-likeness (QED) is 0.552. The van der Waals surface area contributed by atoms with E-state index in [4.69, 9.17) is 0 Å². The van der Waals surface area contributed by atoms with Crippen LogP contribution >= 0.6 is 0 Å². The first-order valence-corrected chi connectivity index (χ1v) is 3.99. The maximum atomic E-state index is 12.8. The maximum Gasteiger partial charge on any atom is 0.338 e. The summed E-state index contributed by atoms with van der Waals surface area (Å²) in [5, 5.41) is 2.44. The second-order valence-electron chi connectivity index (χ2n) is 2.48. The monoisotopic (exact) mass is 197 g/mol. The third-order valence-electron chi connectivity index (χ3n) is 1.56. The van der Waals surface area contributed by atoms with Gasteiger partial charge in [0, 0.05) is 0 Å². The number of carbonyl (C=O) groups excluding carboxylic acids is 1. The molecule has 5 heteroatoms. The molecule has 0 aliphatic heterocycles. The zero-order valence-corrected chi connectivity index (χ0v) is 7.49. The molecule has 1 aromatic rings. The molecule has 14 heavy (non-hydrogen) atoms. The first kappa shape index (κ1) is 10.3. The van der Waals surface area contributed by atoms with Gasteiger partial charge in [-0.1, -0.05) is 0 Å². The fourth-order valence-corrected chi connectivity index (χ4v) is 0.924. The molecule has 74 valence electrons. The average molecular weight is 197 g/mol. The van der Waals surface area contributed by atoms with Crippen LogP contribution in [0.5, 0.6) is 0 Å². The Hall–Kier alpha value is -1.78. The number of halogens is 1. The molecule has 0 aromatic heterocycles. The van der Waals surface area contributed by atoms with Gasteiger partial charge in [0.1, 0.15) is 5.69 Å². The molecule has 0 bridgehead atoms. The summed E-state index contributed by atoms with van der Waals surface area (Å²) in [6.45, 7) is 1.88. The molecule has 1 aromatic carbocycles. The molecule has 0 radical (unpaired) electrons. The highest BCUT2D eigenvalue weighted by Gasteiger charge is 2.10. The van der Waals surface area contributed by atoms with Gasteiger partial charge in [0.05, 0.1) is 12.2 Å². The van der Waals surface area contributed by atoms with Gasteiger partial charge < -0.3 is 4.74 Å². The average Bonchev–Trinajstić information content (AvgIpc) is 2.19. The van der Waals surface area contributed by atoms with Gasteiger partial charge in [-0.15, -0.1) is 4.91 Å². The van der Waals surface area contributed by atoms with Gasteiger partial charge in [-0.3, -0.25) is 0 Å². The molecular formula is C9H8FNO3.